The van der Waals surface area contributed by atoms with E-state index >= 15 is 0 Å². The molecule has 0 radical (unpaired) electrons. The van der Waals surface area contributed by atoms with E-state index in [9.17, 15) is 0 Å². The van der Waals surface area contributed by atoms with Gasteiger partial charge in [-0.05, 0) is 28.6 Å². The molecule has 0 aliphatic heterocycles. The van der Waals surface area contributed by atoms with Gasteiger partial charge in [-0.15, -0.1) is 23.8 Å². The molecule has 0 aliphatic rings. The summed E-state index contributed by atoms with van der Waals surface area (Å²) < 4.78 is 5.85. The Labute approximate surface area is 199 Å². The molecule has 0 aliphatic carbocycles. The second kappa shape index (κ2) is 8.49. The predicted octanol–water partition coefficient (Wildman–Crippen LogP) is 6.59. The van der Waals surface area contributed by atoms with E-state index in [0.29, 0.717) is 11.6 Å². The molecule has 3 heterocycles. The Morgan fingerprint density at radius 2 is 1.41 bits per heavy atom. The van der Waals surface area contributed by atoms with E-state index in [2.05, 4.69) is 52.4 Å². The molecular formula is C27H16N3OPt-. The first-order chi connectivity index (χ1) is 15.3. The van der Waals surface area contributed by atoms with Crippen LogP contribution in [-0.4, -0.2) is 15.0 Å². The van der Waals surface area contributed by atoms with E-state index in [-0.39, 0.29) is 21.1 Å². The SMILES string of the molecule is [Pt].[c-]1c(Oc2ccccn2)cccc1-c1ccc2ccc3ccc4cccnc4c3c2n1. The molecule has 32 heavy (non-hydrogen) atoms. The number of pyridine rings is 3. The summed E-state index contributed by atoms with van der Waals surface area (Å²) >= 11 is 0. The molecule has 0 spiro atoms. The maximum Gasteiger partial charge on any atom is 0.217 e. The van der Waals surface area contributed by atoms with Crippen molar-refractivity contribution < 1.29 is 25.8 Å². The van der Waals surface area contributed by atoms with E-state index in [4.69, 9.17) is 9.72 Å². The molecule has 0 amide bonds. The van der Waals surface area contributed by atoms with Crippen molar-refractivity contribution in [2.45, 2.75) is 0 Å². The standard InChI is InChI=1S/C27H16N3O.Pt/c1-2-15-28-24(8-1)31-22-7-3-5-21(17-22)23-14-13-20-12-10-18-9-11-19-6-4-16-29-26(19)25(18)27(20)30-23;/h1-16H;/q-1;. The molecule has 3 aromatic carbocycles. The van der Waals surface area contributed by atoms with Gasteiger partial charge in [0.05, 0.1) is 11.0 Å². The average molecular weight is 594 g/mol. The van der Waals surface area contributed by atoms with Gasteiger partial charge in [0.15, 0.2) is 0 Å². The minimum atomic E-state index is 0. The van der Waals surface area contributed by atoms with Crippen LogP contribution in [0.25, 0.3) is 43.8 Å². The molecule has 0 atom stereocenters. The minimum Gasteiger partial charge on any atom is -0.459 e. The Morgan fingerprint density at radius 3 is 2.25 bits per heavy atom. The number of rotatable bonds is 3. The van der Waals surface area contributed by atoms with Crippen LogP contribution < -0.4 is 4.74 Å². The number of fused-ring (bicyclic) bond motifs is 5. The molecule has 0 fully saturated rings. The Balaban J connectivity index is 0.00000216. The number of hydrogen-bond acceptors (Lipinski definition) is 4. The number of ether oxygens (including phenoxy) is 1. The van der Waals surface area contributed by atoms with Gasteiger partial charge in [-0.2, -0.15) is 0 Å². The quantitative estimate of drug-likeness (QED) is 0.172. The first-order valence-corrected chi connectivity index (χ1v) is 10.0. The summed E-state index contributed by atoms with van der Waals surface area (Å²) in [7, 11) is 0. The maximum atomic E-state index is 5.85. The average Bonchev–Trinajstić information content (AvgIpc) is 2.84. The van der Waals surface area contributed by atoms with Gasteiger partial charge in [0.25, 0.3) is 0 Å². The molecular weight excluding hydrogens is 577 g/mol. The molecule has 0 unspecified atom stereocenters. The molecule has 0 saturated heterocycles. The molecule has 156 valence electrons. The zero-order valence-electron chi connectivity index (χ0n) is 16.8. The predicted molar refractivity (Wildman–Crippen MR) is 123 cm³/mol. The van der Waals surface area contributed by atoms with Gasteiger partial charge in [-0.3, -0.25) is 9.97 Å². The van der Waals surface area contributed by atoms with Crippen LogP contribution in [0.2, 0.25) is 0 Å². The van der Waals surface area contributed by atoms with Crippen LogP contribution in [0.1, 0.15) is 0 Å². The number of nitrogens with zero attached hydrogens (tertiary/aromatic N) is 3. The van der Waals surface area contributed by atoms with Crippen molar-refractivity contribution in [2.75, 3.05) is 0 Å². The molecule has 4 nitrogen and oxygen atoms in total. The Hall–Kier alpha value is -3.62. The van der Waals surface area contributed by atoms with E-state index in [1.54, 1.807) is 6.20 Å². The first kappa shape index (κ1) is 20.3. The zero-order chi connectivity index (χ0) is 20.6. The van der Waals surface area contributed by atoms with Gasteiger partial charge in [0.2, 0.25) is 5.88 Å². The van der Waals surface area contributed by atoms with E-state index in [1.807, 2.05) is 54.7 Å². The number of aromatic nitrogens is 3. The smallest absolute Gasteiger partial charge is 0.217 e. The maximum absolute atomic E-state index is 5.85. The fourth-order valence-corrected chi connectivity index (χ4v) is 3.86. The Morgan fingerprint density at radius 1 is 0.625 bits per heavy atom. The first-order valence-electron chi connectivity index (χ1n) is 10.0. The summed E-state index contributed by atoms with van der Waals surface area (Å²) in [5, 5.41) is 4.38. The third kappa shape index (κ3) is 3.63. The Kier molecular flexibility index (Phi) is 5.38. The van der Waals surface area contributed by atoms with Gasteiger partial charge in [-0.1, -0.05) is 54.6 Å². The third-order valence-electron chi connectivity index (χ3n) is 5.31. The fourth-order valence-electron chi connectivity index (χ4n) is 3.86. The van der Waals surface area contributed by atoms with E-state index < -0.39 is 0 Å². The van der Waals surface area contributed by atoms with Crippen LogP contribution in [0, 0.1) is 6.07 Å². The molecule has 0 saturated carbocycles. The van der Waals surface area contributed by atoms with E-state index in [0.717, 1.165) is 43.8 Å². The fraction of sp³-hybridized carbons (Fsp3) is 0. The monoisotopic (exact) mass is 593 g/mol. The van der Waals surface area contributed by atoms with Crippen LogP contribution in [0.15, 0.2) is 97.3 Å². The van der Waals surface area contributed by atoms with Crippen molar-refractivity contribution in [3.05, 3.63) is 103 Å². The molecule has 6 rings (SSSR count). The molecule has 6 aromatic rings. The van der Waals surface area contributed by atoms with E-state index in [1.165, 1.54) is 0 Å². The van der Waals surface area contributed by atoms with Crippen molar-refractivity contribution in [3.8, 4) is 22.9 Å². The molecule has 0 N–H and O–H groups in total. The van der Waals surface area contributed by atoms with Crippen LogP contribution >= 0.6 is 0 Å². The molecule has 3 aromatic heterocycles. The van der Waals surface area contributed by atoms with Crippen LogP contribution in [0.3, 0.4) is 0 Å². The zero-order valence-corrected chi connectivity index (χ0v) is 19.1. The van der Waals surface area contributed by atoms with Crippen molar-refractivity contribution in [2.24, 2.45) is 0 Å². The second-order valence-electron chi connectivity index (χ2n) is 7.27. The summed E-state index contributed by atoms with van der Waals surface area (Å²) in [6.07, 6.45) is 3.53. The van der Waals surface area contributed by atoms with Crippen molar-refractivity contribution >= 4 is 32.6 Å². The van der Waals surface area contributed by atoms with Crippen LogP contribution in [-0.2, 0) is 21.1 Å². The number of hydrogen-bond donors (Lipinski definition) is 0. The topological polar surface area (TPSA) is 47.9 Å². The van der Waals surface area contributed by atoms with Crippen LogP contribution in [0.5, 0.6) is 11.6 Å². The third-order valence-corrected chi connectivity index (χ3v) is 5.31. The van der Waals surface area contributed by atoms with Gasteiger partial charge in [-0.25, -0.2) is 4.98 Å². The van der Waals surface area contributed by atoms with Gasteiger partial charge in [0, 0.05) is 56.0 Å². The Bertz CT molecular complexity index is 1560. The van der Waals surface area contributed by atoms with Crippen LogP contribution in [0.4, 0.5) is 0 Å². The van der Waals surface area contributed by atoms with Gasteiger partial charge < -0.3 is 4.74 Å². The summed E-state index contributed by atoms with van der Waals surface area (Å²) in [6, 6.07) is 31.3. The van der Waals surface area contributed by atoms with Gasteiger partial charge in [0.1, 0.15) is 0 Å². The minimum absolute atomic E-state index is 0. The van der Waals surface area contributed by atoms with Gasteiger partial charge >= 0.3 is 0 Å². The van der Waals surface area contributed by atoms with Crippen molar-refractivity contribution in [1.82, 2.24) is 15.0 Å². The number of benzene rings is 3. The summed E-state index contributed by atoms with van der Waals surface area (Å²) in [6.45, 7) is 0. The summed E-state index contributed by atoms with van der Waals surface area (Å²) in [4.78, 5) is 13.9. The largest absolute Gasteiger partial charge is 0.459 e. The second-order valence-corrected chi connectivity index (χ2v) is 7.27. The summed E-state index contributed by atoms with van der Waals surface area (Å²) in [5.41, 5.74) is 3.59. The van der Waals surface area contributed by atoms with Crippen molar-refractivity contribution in [3.63, 3.8) is 0 Å². The summed E-state index contributed by atoms with van der Waals surface area (Å²) in [5.74, 6) is 1.13. The molecule has 5 heteroatoms. The normalized spacial score (nSPS) is 10.9. The van der Waals surface area contributed by atoms with Crippen molar-refractivity contribution in [1.29, 1.82) is 0 Å². The molecule has 0 bridgehead atoms.